The van der Waals surface area contributed by atoms with Crippen LogP contribution < -0.4 is 10.1 Å². The lowest BCUT2D eigenvalue weighted by molar-refractivity contribution is -0.385. The van der Waals surface area contributed by atoms with Gasteiger partial charge in [-0.15, -0.1) is 0 Å². The highest BCUT2D eigenvalue weighted by molar-refractivity contribution is 5.92. The van der Waals surface area contributed by atoms with E-state index in [0.717, 1.165) is 50.1 Å². The fourth-order valence-corrected chi connectivity index (χ4v) is 4.74. The normalized spacial score (nSPS) is 15.3. The van der Waals surface area contributed by atoms with E-state index in [-0.39, 0.29) is 23.6 Å². The zero-order valence-electron chi connectivity index (χ0n) is 21.5. The molecule has 37 heavy (non-hydrogen) atoms. The number of anilines is 1. The molecule has 194 valence electrons. The summed E-state index contributed by atoms with van der Waals surface area (Å²) in [6.07, 6.45) is 2.71. The Hall–Kier alpha value is -3.71. The summed E-state index contributed by atoms with van der Waals surface area (Å²) in [7, 11) is 0. The van der Waals surface area contributed by atoms with E-state index in [1.165, 1.54) is 17.7 Å². The lowest BCUT2D eigenvalue weighted by Gasteiger charge is -2.33. The van der Waals surface area contributed by atoms with Gasteiger partial charge in [0.05, 0.1) is 11.0 Å². The second-order valence-corrected chi connectivity index (χ2v) is 9.95. The third-order valence-corrected chi connectivity index (χ3v) is 6.92. The van der Waals surface area contributed by atoms with Crippen molar-refractivity contribution < 1.29 is 14.5 Å². The van der Waals surface area contributed by atoms with Crippen molar-refractivity contribution >= 4 is 17.3 Å². The number of hydrogen-bond acceptors (Lipinski definition) is 5. The molecule has 7 nitrogen and oxygen atoms in total. The Morgan fingerprint density at radius 2 is 1.76 bits per heavy atom. The Labute approximate surface area is 218 Å². The molecule has 1 aliphatic heterocycles. The SMILES string of the molecule is CC(C)C(=O)Nc1cccc(C2CCN(CCC(Oc3cccc([N+](=O)[O-])c3)c3ccccc3)CC2)c1. The number of non-ortho nitro benzene ring substituents is 1. The Bertz CT molecular complexity index is 1190. The molecule has 3 aromatic rings. The molecule has 4 rings (SSSR count). The minimum Gasteiger partial charge on any atom is -0.485 e. The second-order valence-electron chi connectivity index (χ2n) is 9.95. The highest BCUT2D eigenvalue weighted by Gasteiger charge is 2.23. The highest BCUT2D eigenvalue weighted by atomic mass is 16.6. The predicted octanol–water partition coefficient (Wildman–Crippen LogP) is 6.58. The summed E-state index contributed by atoms with van der Waals surface area (Å²) in [5, 5.41) is 14.2. The standard InChI is InChI=1S/C30H35N3O4/c1-22(2)30(34)31-26-11-6-10-25(20-26)23-14-17-32(18-15-23)19-16-29(24-8-4-3-5-9-24)37-28-13-7-12-27(21-28)33(35)36/h3-13,20-23,29H,14-19H2,1-2H3,(H,31,34). The maximum absolute atomic E-state index is 12.1. The number of likely N-dealkylation sites (tertiary alicyclic amines) is 1. The summed E-state index contributed by atoms with van der Waals surface area (Å²) in [4.78, 5) is 25.3. The van der Waals surface area contributed by atoms with Crippen LogP contribution in [-0.2, 0) is 4.79 Å². The Kier molecular flexibility index (Phi) is 8.90. The van der Waals surface area contributed by atoms with E-state index in [2.05, 4.69) is 22.3 Å². The van der Waals surface area contributed by atoms with Gasteiger partial charge in [0.2, 0.25) is 5.91 Å². The lowest BCUT2D eigenvalue weighted by atomic mass is 9.89. The molecule has 1 saturated heterocycles. The van der Waals surface area contributed by atoms with Gasteiger partial charge >= 0.3 is 0 Å². The molecule has 1 aliphatic rings. The number of carbonyl (C=O) groups excluding carboxylic acids is 1. The van der Waals surface area contributed by atoms with E-state index in [9.17, 15) is 14.9 Å². The van der Waals surface area contributed by atoms with Crippen LogP contribution in [0.2, 0.25) is 0 Å². The van der Waals surface area contributed by atoms with Crippen molar-refractivity contribution in [1.82, 2.24) is 4.90 Å². The molecule has 0 aliphatic carbocycles. The zero-order valence-corrected chi connectivity index (χ0v) is 21.5. The Balaban J connectivity index is 1.35. The molecule has 0 bridgehead atoms. The summed E-state index contributed by atoms with van der Waals surface area (Å²) in [5.41, 5.74) is 3.23. The number of benzene rings is 3. The van der Waals surface area contributed by atoms with E-state index >= 15 is 0 Å². The van der Waals surface area contributed by atoms with E-state index in [1.807, 2.05) is 56.3 Å². The van der Waals surface area contributed by atoms with Gasteiger partial charge in [-0.1, -0.05) is 62.4 Å². The van der Waals surface area contributed by atoms with Crippen LogP contribution in [0.4, 0.5) is 11.4 Å². The van der Waals surface area contributed by atoms with Gasteiger partial charge in [-0.3, -0.25) is 14.9 Å². The first-order valence-electron chi connectivity index (χ1n) is 13.0. The van der Waals surface area contributed by atoms with Crippen molar-refractivity contribution in [3.63, 3.8) is 0 Å². The summed E-state index contributed by atoms with van der Waals surface area (Å²) in [6.45, 7) is 6.65. The first kappa shape index (κ1) is 26.4. The molecule has 1 heterocycles. The van der Waals surface area contributed by atoms with E-state index in [1.54, 1.807) is 12.1 Å². The van der Waals surface area contributed by atoms with Crippen molar-refractivity contribution in [3.8, 4) is 5.75 Å². The summed E-state index contributed by atoms with van der Waals surface area (Å²) < 4.78 is 6.27. The third-order valence-electron chi connectivity index (χ3n) is 6.92. The number of nitrogens with zero attached hydrogens (tertiary/aromatic N) is 2. The molecule has 0 aromatic heterocycles. The summed E-state index contributed by atoms with van der Waals surface area (Å²) in [6, 6.07) is 24.7. The molecule has 1 N–H and O–H groups in total. The van der Waals surface area contributed by atoms with Crippen molar-refractivity contribution in [1.29, 1.82) is 0 Å². The predicted molar refractivity (Wildman–Crippen MR) is 146 cm³/mol. The maximum atomic E-state index is 12.1. The van der Waals surface area contributed by atoms with Gasteiger partial charge < -0.3 is 15.0 Å². The van der Waals surface area contributed by atoms with Crippen molar-refractivity contribution in [2.45, 2.75) is 45.1 Å². The highest BCUT2D eigenvalue weighted by Crippen LogP contribution is 2.31. The lowest BCUT2D eigenvalue weighted by Crippen LogP contribution is -2.34. The molecule has 3 aromatic carbocycles. The van der Waals surface area contributed by atoms with Crippen molar-refractivity contribution in [2.75, 3.05) is 25.0 Å². The van der Waals surface area contributed by atoms with Crippen LogP contribution in [0.1, 0.15) is 56.3 Å². The van der Waals surface area contributed by atoms with Crippen LogP contribution in [0.15, 0.2) is 78.9 Å². The van der Waals surface area contributed by atoms with Gasteiger partial charge in [0.15, 0.2) is 0 Å². The van der Waals surface area contributed by atoms with E-state index in [0.29, 0.717) is 11.7 Å². The van der Waals surface area contributed by atoms with Gasteiger partial charge in [0, 0.05) is 30.6 Å². The molecule has 1 atom stereocenters. The van der Waals surface area contributed by atoms with Crippen LogP contribution in [0, 0.1) is 16.0 Å². The van der Waals surface area contributed by atoms with Gasteiger partial charge in [-0.05, 0) is 61.2 Å². The van der Waals surface area contributed by atoms with Gasteiger partial charge in [0.1, 0.15) is 11.9 Å². The minimum atomic E-state index is -0.400. The third kappa shape index (κ3) is 7.40. The molecule has 1 unspecified atom stereocenters. The maximum Gasteiger partial charge on any atom is 0.273 e. The smallest absolute Gasteiger partial charge is 0.273 e. The number of carbonyl (C=O) groups is 1. The molecule has 0 radical (unpaired) electrons. The summed E-state index contributed by atoms with van der Waals surface area (Å²) in [5.74, 6) is 0.962. The van der Waals surface area contributed by atoms with Crippen LogP contribution in [0.5, 0.6) is 5.75 Å². The molecular formula is C30H35N3O4. The van der Waals surface area contributed by atoms with Gasteiger partial charge in [-0.25, -0.2) is 0 Å². The Morgan fingerprint density at radius 3 is 2.46 bits per heavy atom. The monoisotopic (exact) mass is 501 g/mol. The summed E-state index contributed by atoms with van der Waals surface area (Å²) >= 11 is 0. The van der Waals surface area contributed by atoms with Gasteiger partial charge in [-0.2, -0.15) is 0 Å². The number of piperidine rings is 1. The first-order chi connectivity index (χ1) is 17.9. The zero-order chi connectivity index (χ0) is 26.2. The van der Waals surface area contributed by atoms with Crippen LogP contribution in [0.3, 0.4) is 0 Å². The number of nitrogens with one attached hydrogen (secondary N) is 1. The number of hydrogen-bond donors (Lipinski definition) is 1. The second kappa shape index (κ2) is 12.5. The molecule has 0 saturated carbocycles. The number of amides is 1. The number of ether oxygens (including phenoxy) is 1. The van der Waals surface area contributed by atoms with Crippen LogP contribution >= 0.6 is 0 Å². The minimum absolute atomic E-state index is 0.0271. The molecular weight excluding hydrogens is 466 g/mol. The van der Waals surface area contributed by atoms with E-state index < -0.39 is 4.92 Å². The largest absolute Gasteiger partial charge is 0.485 e. The number of nitro groups is 1. The average molecular weight is 502 g/mol. The molecule has 1 amide bonds. The van der Waals surface area contributed by atoms with E-state index in [4.69, 9.17) is 4.74 Å². The van der Waals surface area contributed by atoms with Crippen LogP contribution in [0.25, 0.3) is 0 Å². The molecule has 7 heteroatoms. The molecule has 1 fully saturated rings. The number of rotatable bonds is 10. The Morgan fingerprint density at radius 1 is 1.03 bits per heavy atom. The van der Waals surface area contributed by atoms with Gasteiger partial charge in [0.25, 0.3) is 5.69 Å². The average Bonchev–Trinajstić information content (AvgIpc) is 2.92. The van der Waals surface area contributed by atoms with Crippen LogP contribution in [-0.4, -0.2) is 35.4 Å². The fourth-order valence-electron chi connectivity index (χ4n) is 4.74. The number of nitro benzene ring substituents is 1. The molecule has 0 spiro atoms. The quantitative estimate of drug-likeness (QED) is 0.251. The topological polar surface area (TPSA) is 84.7 Å². The first-order valence-corrected chi connectivity index (χ1v) is 13.0. The van der Waals surface area contributed by atoms with Crippen molar-refractivity contribution in [2.24, 2.45) is 5.92 Å². The fraction of sp³-hybridized carbons (Fsp3) is 0.367. The van der Waals surface area contributed by atoms with Crippen molar-refractivity contribution in [3.05, 3.63) is 100 Å².